The molecule has 0 aromatic heterocycles. The van der Waals surface area contributed by atoms with Gasteiger partial charge in [0.1, 0.15) is 10.7 Å². The fourth-order valence-corrected chi connectivity index (χ4v) is 2.68. The van der Waals surface area contributed by atoms with Gasteiger partial charge in [0.2, 0.25) is 10.0 Å². The zero-order valence-electron chi connectivity index (χ0n) is 9.19. The summed E-state index contributed by atoms with van der Waals surface area (Å²) in [5, 5.41) is 8.39. The second kappa shape index (κ2) is 6.26. The molecule has 0 aliphatic heterocycles. The summed E-state index contributed by atoms with van der Waals surface area (Å²) < 4.78 is 39.4. The number of aliphatic carboxylic acids is 1. The molecule has 0 saturated carbocycles. The third-order valence-corrected chi connectivity index (χ3v) is 4.03. The van der Waals surface area contributed by atoms with Crippen LogP contribution in [0.5, 0.6) is 0 Å². The summed E-state index contributed by atoms with van der Waals surface area (Å²) in [6.45, 7) is -0.0515. The summed E-state index contributed by atoms with van der Waals surface area (Å²) >= 11 is 3.02. The number of carbonyl (C=O) groups is 1. The number of sulfonamides is 1. The molecule has 0 amide bonds. The molecule has 1 aromatic carbocycles. The molecule has 5 nitrogen and oxygen atoms in total. The highest BCUT2D eigenvalue weighted by Crippen LogP contribution is 2.19. The van der Waals surface area contributed by atoms with Gasteiger partial charge in [-0.05, 0) is 24.6 Å². The maximum absolute atomic E-state index is 13.4. The molecule has 0 bridgehead atoms. The van der Waals surface area contributed by atoms with Crippen molar-refractivity contribution in [3.05, 3.63) is 28.5 Å². The van der Waals surface area contributed by atoms with Crippen LogP contribution >= 0.6 is 15.9 Å². The lowest BCUT2D eigenvalue weighted by molar-refractivity contribution is -0.137. The molecule has 1 aromatic rings. The van der Waals surface area contributed by atoms with Gasteiger partial charge in [-0.2, -0.15) is 0 Å². The Morgan fingerprint density at radius 1 is 1.44 bits per heavy atom. The van der Waals surface area contributed by atoms with E-state index >= 15 is 0 Å². The zero-order valence-corrected chi connectivity index (χ0v) is 11.6. The van der Waals surface area contributed by atoms with Crippen molar-refractivity contribution in [1.82, 2.24) is 4.72 Å². The largest absolute Gasteiger partial charge is 0.481 e. The number of carboxylic acids is 1. The van der Waals surface area contributed by atoms with Crippen LogP contribution in [0.15, 0.2) is 27.6 Å². The first-order valence-corrected chi connectivity index (χ1v) is 7.27. The second-order valence-corrected chi connectivity index (χ2v) is 6.12. The van der Waals surface area contributed by atoms with Crippen molar-refractivity contribution in [1.29, 1.82) is 0 Å². The van der Waals surface area contributed by atoms with Crippen LogP contribution in [0.1, 0.15) is 12.8 Å². The third kappa shape index (κ3) is 4.35. The van der Waals surface area contributed by atoms with Gasteiger partial charge in [-0.15, -0.1) is 0 Å². The third-order valence-electron chi connectivity index (χ3n) is 2.04. The lowest BCUT2D eigenvalue weighted by Crippen LogP contribution is -2.26. The van der Waals surface area contributed by atoms with Crippen molar-refractivity contribution in [2.45, 2.75) is 17.7 Å². The summed E-state index contributed by atoms with van der Waals surface area (Å²) in [4.78, 5) is 9.79. The number of hydrogen-bond donors (Lipinski definition) is 2. The number of nitrogens with one attached hydrogen (secondary N) is 1. The average molecular weight is 340 g/mol. The molecule has 0 heterocycles. The minimum Gasteiger partial charge on any atom is -0.481 e. The van der Waals surface area contributed by atoms with E-state index in [2.05, 4.69) is 20.7 Å². The molecule has 2 N–H and O–H groups in total. The van der Waals surface area contributed by atoms with Crippen molar-refractivity contribution in [2.75, 3.05) is 6.54 Å². The lowest BCUT2D eigenvalue weighted by atomic mass is 10.3. The van der Waals surface area contributed by atoms with Crippen LogP contribution in [-0.4, -0.2) is 26.0 Å². The lowest BCUT2D eigenvalue weighted by Gasteiger charge is -2.07. The predicted octanol–water partition coefficient (Wildman–Crippen LogP) is 1.73. The monoisotopic (exact) mass is 339 g/mol. The molecular formula is C10H11BrFNO4S. The number of rotatable bonds is 6. The summed E-state index contributed by atoms with van der Waals surface area (Å²) in [7, 11) is -3.94. The van der Waals surface area contributed by atoms with E-state index in [4.69, 9.17) is 5.11 Å². The Hall–Kier alpha value is -0.990. The fraction of sp³-hybridized carbons (Fsp3) is 0.300. The highest BCUT2D eigenvalue weighted by atomic mass is 79.9. The molecule has 0 saturated heterocycles. The molecule has 100 valence electrons. The summed E-state index contributed by atoms with van der Waals surface area (Å²) in [5.41, 5.74) is 0. The summed E-state index contributed by atoms with van der Waals surface area (Å²) in [5.74, 6) is -1.88. The molecule has 0 atom stereocenters. The topological polar surface area (TPSA) is 83.5 Å². The first kappa shape index (κ1) is 15.1. The number of hydrogen-bond acceptors (Lipinski definition) is 3. The van der Waals surface area contributed by atoms with Crippen molar-refractivity contribution < 1.29 is 22.7 Å². The van der Waals surface area contributed by atoms with Crippen LogP contribution in [0.2, 0.25) is 0 Å². The highest BCUT2D eigenvalue weighted by molar-refractivity contribution is 9.10. The van der Waals surface area contributed by atoms with E-state index in [9.17, 15) is 17.6 Å². The molecule has 1 rings (SSSR count). The normalized spacial score (nSPS) is 11.4. The molecule has 0 aliphatic carbocycles. The number of benzene rings is 1. The van der Waals surface area contributed by atoms with E-state index in [1.807, 2.05) is 0 Å². The standard InChI is InChI=1S/C10H11BrFNO4S/c11-7-3-4-9(8(12)6-7)18(16,17)13-5-1-2-10(14)15/h3-4,6,13H,1-2,5H2,(H,14,15). The second-order valence-electron chi connectivity index (χ2n) is 3.47. The van der Waals surface area contributed by atoms with Gasteiger partial charge in [0, 0.05) is 17.4 Å². The molecule has 0 fully saturated rings. The summed E-state index contributed by atoms with van der Waals surface area (Å²) in [6.07, 6.45) is -0.00193. The molecule has 0 radical (unpaired) electrons. The van der Waals surface area contributed by atoms with Crippen LogP contribution in [0, 0.1) is 5.82 Å². The number of halogens is 2. The maximum Gasteiger partial charge on any atom is 0.303 e. The molecule has 0 unspecified atom stereocenters. The molecular weight excluding hydrogens is 329 g/mol. The summed E-state index contributed by atoms with van der Waals surface area (Å²) in [6, 6.07) is 3.60. The first-order valence-electron chi connectivity index (χ1n) is 4.99. The van der Waals surface area contributed by atoms with Crippen molar-refractivity contribution in [3.63, 3.8) is 0 Å². The predicted molar refractivity (Wildman–Crippen MR) is 66.2 cm³/mol. The Labute approximate surface area is 112 Å². The fourth-order valence-electron chi connectivity index (χ4n) is 1.22. The minimum atomic E-state index is -3.94. The van der Waals surface area contributed by atoms with Gasteiger partial charge >= 0.3 is 5.97 Å². The van der Waals surface area contributed by atoms with E-state index in [-0.39, 0.29) is 19.4 Å². The van der Waals surface area contributed by atoms with Crippen LogP contribution in [0.4, 0.5) is 4.39 Å². The Balaban J connectivity index is 2.71. The molecule has 18 heavy (non-hydrogen) atoms. The van der Waals surface area contributed by atoms with Gasteiger partial charge in [0.05, 0.1) is 0 Å². The first-order chi connectivity index (χ1) is 8.33. The van der Waals surface area contributed by atoms with E-state index in [0.717, 1.165) is 12.1 Å². The van der Waals surface area contributed by atoms with E-state index < -0.39 is 26.7 Å². The van der Waals surface area contributed by atoms with Gasteiger partial charge in [-0.1, -0.05) is 15.9 Å². The van der Waals surface area contributed by atoms with Crippen molar-refractivity contribution in [2.24, 2.45) is 0 Å². The van der Waals surface area contributed by atoms with Gasteiger partial charge in [0.15, 0.2) is 0 Å². The van der Waals surface area contributed by atoms with E-state index in [1.54, 1.807) is 0 Å². The van der Waals surface area contributed by atoms with Crippen molar-refractivity contribution in [3.8, 4) is 0 Å². The molecule has 0 spiro atoms. The van der Waals surface area contributed by atoms with Gasteiger partial charge in [-0.3, -0.25) is 4.79 Å². The zero-order chi connectivity index (χ0) is 13.8. The van der Waals surface area contributed by atoms with Crippen LogP contribution in [0.3, 0.4) is 0 Å². The number of carboxylic acid groups (broad SMARTS) is 1. The Morgan fingerprint density at radius 2 is 2.11 bits per heavy atom. The van der Waals surface area contributed by atoms with Gasteiger partial charge in [-0.25, -0.2) is 17.5 Å². The van der Waals surface area contributed by atoms with Crippen molar-refractivity contribution >= 4 is 31.9 Å². The highest BCUT2D eigenvalue weighted by Gasteiger charge is 2.18. The van der Waals surface area contributed by atoms with Gasteiger partial charge < -0.3 is 5.11 Å². The Bertz CT molecular complexity index is 547. The SMILES string of the molecule is O=C(O)CCCNS(=O)(=O)c1ccc(Br)cc1F. The smallest absolute Gasteiger partial charge is 0.303 e. The molecule has 0 aliphatic rings. The molecule has 8 heteroatoms. The quantitative estimate of drug-likeness (QED) is 0.773. The maximum atomic E-state index is 13.4. The Kier molecular flexibility index (Phi) is 5.24. The van der Waals surface area contributed by atoms with Crippen LogP contribution < -0.4 is 4.72 Å². The Morgan fingerprint density at radius 3 is 2.67 bits per heavy atom. The van der Waals surface area contributed by atoms with Crippen LogP contribution in [0.25, 0.3) is 0 Å². The minimum absolute atomic E-state index is 0.0515. The van der Waals surface area contributed by atoms with E-state index in [0.29, 0.717) is 4.47 Å². The van der Waals surface area contributed by atoms with E-state index in [1.165, 1.54) is 6.07 Å². The van der Waals surface area contributed by atoms with Crippen LogP contribution in [-0.2, 0) is 14.8 Å². The van der Waals surface area contributed by atoms with Gasteiger partial charge in [0.25, 0.3) is 0 Å². The average Bonchev–Trinajstić information content (AvgIpc) is 2.23.